The number of hydrogen-bond acceptors (Lipinski definition) is 4. The van der Waals surface area contributed by atoms with E-state index in [0.717, 1.165) is 37.6 Å². The Morgan fingerprint density at radius 2 is 2.31 bits per heavy atom. The van der Waals surface area contributed by atoms with Crippen LogP contribution in [0.1, 0.15) is 43.5 Å². The smallest absolute Gasteiger partial charge is 0.112 e. The number of nitrogens with zero attached hydrogens (tertiary/aromatic N) is 3. The van der Waals surface area contributed by atoms with Gasteiger partial charge in [-0.15, -0.1) is 5.10 Å². The van der Waals surface area contributed by atoms with Crippen LogP contribution in [0.25, 0.3) is 0 Å². The zero-order chi connectivity index (χ0) is 11.4. The molecule has 0 saturated heterocycles. The van der Waals surface area contributed by atoms with Crippen LogP contribution < -0.4 is 0 Å². The number of aromatic nitrogens is 3. The molecular weight excluding hydrogens is 206 g/mol. The van der Waals surface area contributed by atoms with Gasteiger partial charge in [0.05, 0.1) is 12.3 Å². The summed E-state index contributed by atoms with van der Waals surface area (Å²) < 4.78 is 7.23. The molecule has 90 valence electrons. The fraction of sp³-hybridized carbons (Fsp3) is 0.818. The molecule has 1 saturated carbocycles. The average molecular weight is 225 g/mol. The molecule has 0 amide bonds. The van der Waals surface area contributed by atoms with Gasteiger partial charge < -0.3 is 9.84 Å². The standard InChI is InChI=1S/C11H19N3O2/c1-2-16-7-3-6-14-11(9-4-5-9)10(8-15)12-13-14/h9,15H,2-8H2,1H3. The van der Waals surface area contributed by atoms with E-state index in [4.69, 9.17) is 4.74 Å². The minimum Gasteiger partial charge on any atom is -0.390 e. The molecule has 0 aliphatic heterocycles. The van der Waals surface area contributed by atoms with Crippen LogP contribution in [0.2, 0.25) is 0 Å². The first kappa shape index (κ1) is 11.5. The maximum absolute atomic E-state index is 9.18. The van der Waals surface area contributed by atoms with E-state index in [0.29, 0.717) is 5.92 Å². The van der Waals surface area contributed by atoms with E-state index in [1.807, 2.05) is 11.6 Å². The van der Waals surface area contributed by atoms with Crippen LogP contribution in [0.5, 0.6) is 0 Å². The van der Waals surface area contributed by atoms with Crippen molar-refractivity contribution in [3.63, 3.8) is 0 Å². The van der Waals surface area contributed by atoms with Gasteiger partial charge in [-0.3, -0.25) is 0 Å². The second-order valence-electron chi connectivity index (χ2n) is 4.13. The highest BCUT2D eigenvalue weighted by molar-refractivity contribution is 5.19. The van der Waals surface area contributed by atoms with Crippen molar-refractivity contribution in [2.24, 2.45) is 0 Å². The zero-order valence-corrected chi connectivity index (χ0v) is 9.72. The molecule has 0 radical (unpaired) electrons. The van der Waals surface area contributed by atoms with Crippen LogP contribution in [0.4, 0.5) is 0 Å². The Morgan fingerprint density at radius 3 is 2.94 bits per heavy atom. The molecule has 5 nitrogen and oxygen atoms in total. The highest BCUT2D eigenvalue weighted by Gasteiger charge is 2.30. The van der Waals surface area contributed by atoms with Crippen molar-refractivity contribution in [1.82, 2.24) is 15.0 Å². The summed E-state index contributed by atoms with van der Waals surface area (Å²) in [5.74, 6) is 0.573. The van der Waals surface area contributed by atoms with Gasteiger partial charge in [0.15, 0.2) is 0 Å². The molecule has 0 unspecified atom stereocenters. The van der Waals surface area contributed by atoms with E-state index in [2.05, 4.69) is 10.3 Å². The fourth-order valence-corrected chi connectivity index (χ4v) is 1.90. The number of aliphatic hydroxyl groups excluding tert-OH is 1. The van der Waals surface area contributed by atoms with Gasteiger partial charge in [-0.25, -0.2) is 4.68 Å². The molecule has 1 N–H and O–H groups in total. The Morgan fingerprint density at radius 1 is 1.50 bits per heavy atom. The predicted octanol–water partition coefficient (Wildman–Crippen LogP) is 1.07. The molecular formula is C11H19N3O2. The Kier molecular flexibility index (Phi) is 3.90. The summed E-state index contributed by atoms with van der Waals surface area (Å²) in [6.07, 6.45) is 3.35. The summed E-state index contributed by atoms with van der Waals surface area (Å²) in [6, 6.07) is 0. The van der Waals surface area contributed by atoms with Crippen LogP contribution >= 0.6 is 0 Å². The first-order valence-electron chi connectivity index (χ1n) is 5.97. The molecule has 0 atom stereocenters. The van der Waals surface area contributed by atoms with E-state index in [-0.39, 0.29) is 6.61 Å². The largest absolute Gasteiger partial charge is 0.390 e. The second-order valence-corrected chi connectivity index (χ2v) is 4.13. The maximum Gasteiger partial charge on any atom is 0.112 e. The molecule has 1 aromatic rings. The Balaban J connectivity index is 1.94. The molecule has 1 aromatic heterocycles. The van der Waals surface area contributed by atoms with Crippen LogP contribution in [0.15, 0.2) is 0 Å². The van der Waals surface area contributed by atoms with Crippen LogP contribution in [-0.4, -0.2) is 33.3 Å². The molecule has 1 aliphatic carbocycles. The molecule has 1 fully saturated rings. The normalized spacial score (nSPS) is 15.6. The van der Waals surface area contributed by atoms with Crippen LogP contribution in [0, 0.1) is 0 Å². The van der Waals surface area contributed by atoms with Gasteiger partial charge in [0.1, 0.15) is 5.69 Å². The van der Waals surface area contributed by atoms with Gasteiger partial charge in [-0.1, -0.05) is 5.21 Å². The summed E-state index contributed by atoms with van der Waals surface area (Å²) in [6.45, 7) is 4.34. The second kappa shape index (κ2) is 5.41. The van der Waals surface area contributed by atoms with E-state index >= 15 is 0 Å². The van der Waals surface area contributed by atoms with Crippen molar-refractivity contribution >= 4 is 0 Å². The predicted molar refractivity (Wildman–Crippen MR) is 59.0 cm³/mol. The Labute approximate surface area is 95.4 Å². The minimum absolute atomic E-state index is 0.00269. The number of ether oxygens (including phenoxy) is 1. The summed E-state index contributed by atoms with van der Waals surface area (Å²) >= 11 is 0. The lowest BCUT2D eigenvalue weighted by atomic mass is 10.2. The lowest BCUT2D eigenvalue weighted by Gasteiger charge is -2.06. The SMILES string of the molecule is CCOCCCn1nnc(CO)c1C1CC1. The van der Waals surface area contributed by atoms with Crippen molar-refractivity contribution in [3.8, 4) is 0 Å². The van der Waals surface area contributed by atoms with E-state index in [1.54, 1.807) is 0 Å². The molecule has 1 heterocycles. The average Bonchev–Trinajstić information content (AvgIpc) is 3.06. The molecule has 2 rings (SSSR count). The number of aryl methyl sites for hydroxylation is 1. The minimum atomic E-state index is -0.00269. The van der Waals surface area contributed by atoms with Crippen molar-refractivity contribution in [3.05, 3.63) is 11.4 Å². The topological polar surface area (TPSA) is 60.2 Å². The molecule has 16 heavy (non-hydrogen) atoms. The number of aliphatic hydroxyl groups is 1. The van der Waals surface area contributed by atoms with Crippen LogP contribution in [-0.2, 0) is 17.9 Å². The lowest BCUT2D eigenvalue weighted by Crippen LogP contribution is -2.08. The molecule has 0 bridgehead atoms. The van der Waals surface area contributed by atoms with E-state index in [9.17, 15) is 5.11 Å². The molecule has 0 spiro atoms. The van der Waals surface area contributed by atoms with Gasteiger partial charge >= 0.3 is 0 Å². The summed E-state index contributed by atoms with van der Waals surface area (Å²) in [5, 5.41) is 17.3. The van der Waals surface area contributed by atoms with E-state index < -0.39 is 0 Å². The number of rotatable bonds is 7. The first-order chi connectivity index (χ1) is 7.86. The molecule has 5 heteroatoms. The zero-order valence-electron chi connectivity index (χ0n) is 9.72. The van der Waals surface area contributed by atoms with Gasteiger partial charge in [0, 0.05) is 25.7 Å². The quantitative estimate of drug-likeness (QED) is 0.705. The van der Waals surface area contributed by atoms with Crippen molar-refractivity contribution in [1.29, 1.82) is 0 Å². The first-order valence-corrected chi connectivity index (χ1v) is 5.97. The van der Waals surface area contributed by atoms with Crippen molar-refractivity contribution in [2.75, 3.05) is 13.2 Å². The highest BCUT2D eigenvalue weighted by atomic mass is 16.5. The van der Waals surface area contributed by atoms with E-state index in [1.165, 1.54) is 12.8 Å². The van der Waals surface area contributed by atoms with Gasteiger partial charge in [0.2, 0.25) is 0 Å². The Bertz CT molecular complexity index is 334. The lowest BCUT2D eigenvalue weighted by molar-refractivity contribution is 0.140. The van der Waals surface area contributed by atoms with Gasteiger partial charge in [0.25, 0.3) is 0 Å². The highest BCUT2D eigenvalue weighted by Crippen LogP contribution is 2.41. The third-order valence-corrected chi connectivity index (χ3v) is 2.82. The fourth-order valence-electron chi connectivity index (χ4n) is 1.90. The maximum atomic E-state index is 9.18. The summed E-state index contributed by atoms with van der Waals surface area (Å²) in [5.41, 5.74) is 1.89. The summed E-state index contributed by atoms with van der Waals surface area (Å²) in [7, 11) is 0. The molecule has 1 aliphatic rings. The number of hydrogen-bond donors (Lipinski definition) is 1. The Hall–Kier alpha value is -0.940. The third-order valence-electron chi connectivity index (χ3n) is 2.82. The van der Waals surface area contributed by atoms with Crippen molar-refractivity contribution in [2.45, 2.75) is 45.3 Å². The van der Waals surface area contributed by atoms with Gasteiger partial charge in [-0.2, -0.15) is 0 Å². The summed E-state index contributed by atoms with van der Waals surface area (Å²) in [4.78, 5) is 0. The third kappa shape index (κ3) is 2.59. The van der Waals surface area contributed by atoms with Crippen LogP contribution in [0.3, 0.4) is 0 Å². The van der Waals surface area contributed by atoms with Gasteiger partial charge in [-0.05, 0) is 26.2 Å². The van der Waals surface area contributed by atoms with Crippen molar-refractivity contribution < 1.29 is 9.84 Å². The molecule has 0 aromatic carbocycles. The monoisotopic (exact) mass is 225 g/mol.